The lowest BCUT2D eigenvalue weighted by molar-refractivity contribution is 1.24. The molecule has 0 aliphatic heterocycles. The zero-order valence-corrected chi connectivity index (χ0v) is 15.1. The lowest BCUT2D eigenvalue weighted by Crippen LogP contribution is -1.95. The zero-order chi connectivity index (χ0) is 17.4. The molecule has 0 aliphatic carbocycles. The van der Waals surface area contributed by atoms with Crippen LogP contribution in [-0.4, -0.2) is 4.98 Å². The highest BCUT2D eigenvalue weighted by atomic mass is 35.5. The van der Waals surface area contributed by atoms with Gasteiger partial charge in [0.1, 0.15) is 0 Å². The summed E-state index contributed by atoms with van der Waals surface area (Å²) in [7, 11) is 0. The molecule has 0 spiro atoms. The van der Waals surface area contributed by atoms with E-state index < -0.39 is 0 Å². The standard InChI is InChI=1S/C22H15Cl2N/c1-14-19-4-2-3-5-20(19)21(15-6-10-17(23)11-7-15)22(25-14)16-8-12-18(24)13-9-16/h2-13H,1H3. The van der Waals surface area contributed by atoms with Crippen LogP contribution in [0.25, 0.3) is 33.2 Å². The summed E-state index contributed by atoms with van der Waals surface area (Å²) in [6.45, 7) is 2.05. The van der Waals surface area contributed by atoms with Crippen LogP contribution >= 0.6 is 23.2 Å². The van der Waals surface area contributed by atoms with Crippen molar-refractivity contribution < 1.29 is 0 Å². The molecule has 0 fully saturated rings. The Morgan fingerprint density at radius 1 is 0.640 bits per heavy atom. The van der Waals surface area contributed by atoms with Crippen molar-refractivity contribution >= 4 is 34.0 Å². The summed E-state index contributed by atoms with van der Waals surface area (Å²) in [5.41, 5.74) is 5.22. The minimum atomic E-state index is 0.717. The fourth-order valence-electron chi connectivity index (χ4n) is 3.15. The van der Waals surface area contributed by atoms with Gasteiger partial charge in [0, 0.05) is 32.3 Å². The Balaban J connectivity index is 2.09. The lowest BCUT2D eigenvalue weighted by Gasteiger charge is -2.15. The SMILES string of the molecule is Cc1nc(-c2ccc(Cl)cc2)c(-c2ccc(Cl)cc2)c2ccccc12. The maximum atomic E-state index is 6.09. The van der Waals surface area contributed by atoms with Crippen LogP contribution in [0.2, 0.25) is 10.0 Å². The number of pyridine rings is 1. The van der Waals surface area contributed by atoms with Crippen LogP contribution in [0.1, 0.15) is 5.69 Å². The number of benzene rings is 3. The summed E-state index contributed by atoms with van der Waals surface area (Å²) in [6.07, 6.45) is 0. The number of halogens is 2. The Kier molecular flexibility index (Phi) is 4.20. The van der Waals surface area contributed by atoms with Crippen molar-refractivity contribution in [2.75, 3.05) is 0 Å². The molecule has 25 heavy (non-hydrogen) atoms. The van der Waals surface area contributed by atoms with Crippen LogP contribution in [0.5, 0.6) is 0 Å². The van der Waals surface area contributed by atoms with E-state index in [1.165, 1.54) is 5.39 Å². The first-order valence-corrected chi connectivity index (χ1v) is 8.80. The zero-order valence-electron chi connectivity index (χ0n) is 13.6. The second kappa shape index (κ2) is 6.51. The smallest absolute Gasteiger partial charge is 0.0790 e. The maximum Gasteiger partial charge on any atom is 0.0790 e. The molecule has 4 aromatic rings. The summed E-state index contributed by atoms with van der Waals surface area (Å²) in [4.78, 5) is 4.92. The minimum absolute atomic E-state index is 0.717. The molecule has 0 saturated carbocycles. The van der Waals surface area contributed by atoms with Crippen molar-refractivity contribution in [1.29, 1.82) is 0 Å². The van der Waals surface area contributed by atoms with E-state index in [1.807, 2.05) is 61.5 Å². The molecule has 0 aliphatic rings. The minimum Gasteiger partial charge on any atom is -0.252 e. The second-order valence-electron chi connectivity index (χ2n) is 5.98. The Morgan fingerprint density at radius 3 is 1.76 bits per heavy atom. The van der Waals surface area contributed by atoms with E-state index in [0.717, 1.165) is 38.5 Å². The molecule has 1 heterocycles. The first-order valence-electron chi connectivity index (χ1n) is 8.05. The Hall–Kier alpha value is -2.35. The number of aryl methyl sites for hydroxylation is 1. The molecule has 1 nitrogen and oxygen atoms in total. The topological polar surface area (TPSA) is 12.9 Å². The molecule has 0 atom stereocenters. The van der Waals surface area contributed by atoms with Gasteiger partial charge in [-0.15, -0.1) is 0 Å². The summed E-state index contributed by atoms with van der Waals surface area (Å²) in [5.74, 6) is 0. The predicted molar refractivity (Wildman–Crippen MR) is 107 cm³/mol. The molecule has 1 aromatic heterocycles. The number of rotatable bonds is 2. The second-order valence-corrected chi connectivity index (χ2v) is 6.85. The average molecular weight is 364 g/mol. The van der Waals surface area contributed by atoms with Gasteiger partial charge in [-0.3, -0.25) is 4.98 Å². The van der Waals surface area contributed by atoms with Crippen LogP contribution in [-0.2, 0) is 0 Å². The Morgan fingerprint density at radius 2 is 1.16 bits per heavy atom. The molecule has 0 saturated heterocycles. The average Bonchev–Trinajstić information content (AvgIpc) is 2.63. The van der Waals surface area contributed by atoms with Crippen molar-refractivity contribution in [3.05, 3.63) is 88.5 Å². The number of hydrogen-bond donors (Lipinski definition) is 0. The van der Waals surface area contributed by atoms with Crippen molar-refractivity contribution in [1.82, 2.24) is 4.98 Å². The lowest BCUT2D eigenvalue weighted by atomic mass is 9.93. The Labute approximate surface area is 156 Å². The van der Waals surface area contributed by atoms with Gasteiger partial charge in [-0.2, -0.15) is 0 Å². The van der Waals surface area contributed by atoms with E-state index in [1.54, 1.807) is 0 Å². The number of fused-ring (bicyclic) bond motifs is 1. The van der Waals surface area contributed by atoms with Gasteiger partial charge < -0.3 is 0 Å². The van der Waals surface area contributed by atoms with E-state index in [4.69, 9.17) is 28.2 Å². The van der Waals surface area contributed by atoms with Gasteiger partial charge >= 0.3 is 0 Å². The van der Waals surface area contributed by atoms with Crippen molar-refractivity contribution in [2.24, 2.45) is 0 Å². The van der Waals surface area contributed by atoms with Gasteiger partial charge in [-0.1, -0.05) is 71.7 Å². The highest BCUT2D eigenvalue weighted by molar-refractivity contribution is 6.31. The first kappa shape index (κ1) is 16.1. The normalized spacial score (nSPS) is 11.0. The predicted octanol–water partition coefficient (Wildman–Crippen LogP) is 7.18. The van der Waals surface area contributed by atoms with Gasteiger partial charge in [0.25, 0.3) is 0 Å². The Bertz CT molecular complexity index is 1050. The molecule has 0 radical (unpaired) electrons. The quantitative estimate of drug-likeness (QED) is 0.367. The van der Waals surface area contributed by atoms with Crippen LogP contribution in [0.15, 0.2) is 72.8 Å². The first-order chi connectivity index (χ1) is 12.1. The molecule has 3 heteroatoms. The van der Waals surface area contributed by atoms with Gasteiger partial charge in [-0.25, -0.2) is 0 Å². The largest absolute Gasteiger partial charge is 0.252 e. The third kappa shape index (κ3) is 3.02. The van der Waals surface area contributed by atoms with E-state index >= 15 is 0 Å². The van der Waals surface area contributed by atoms with Gasteiger partial charge in [0.15, 0.2) is 0 Å². The van der Waals surface area contributed by atoms with Crippen LogP contribution < -0.4 is 0 Å². The van der Waals surface area contributed by atoms with Crippen LogP contribution in [0, 0.1) is 6.92 Å². The molecule has 0 N–H and O–H groups in total. The fourth-order valence-corrected chi connectivity index (χ4v) is 3.41. The van der Waals surface area contributed by atoms with Crippen LogP contribution in [0.4, 0.5) is 0 Å². The number of aromatic nitrogens is 1. The van der Waals surface area contributed by atoms with Crippen molar-refractivity contribution in [3.8, 4) is 22.4 Å². The molecule has 122 valence electrons. The summed E-state index contributed by atoms with van der Waals surface area (Å²) in [6, 6.07) is 24.1. The van der Waals surface area contributed by atoms with Gasteiger partial charge in [0.05, 0.1) is 5.69 Å². The third-order valence-corrected chi connectivity index (χ3v) is 4.86. The molecule has 4 rings (SSSR count). The molecule has 0 bridgehead atoms. The van der Waals surface area contributed by atoms with Crippen molar-refractivity contribution in [2.45, 2.75) is 6.92 Å². The highest BCUT2D eigenvalue weighted by Crippen LogP contribution is 2.38. The molecule has 3 aromatic carbocycles. The van der Waals surface area contributed by atoms with E-state index in [2.05, 4.69) is 18.2 Å². The van der Waals surface area contributed by atoms with Crippen molar-refractivity contribution in [3.63, 3.8) is 0 Å². The van der Waals surface area contributed by atoms with E-state index in [-0.39, 0.29) is 0 Å². The summed E-state index contributed by atoms with van der Waals surface area (Å²) >= 11 is 12.2. The fraction of sp³-hybridized carbons (Fsp3) is 0.0455. The maximum absolute atomic E-state index is 6.09. The highest BCUT2D eigenvalue weighted by Gasteiger charge is 2.15. The third-order valence-electron chi connectivity index (χ3n) is 4.35. The molecule has 0 amide bonds. The van der Waals surface area contributed by atoms with Crippen LogP contribution in [0.3, 0.4) is 0 Å². The van der Waals surface area contributed by atoms with E-state index in [0.29, 0.717) is 5.02 Å². The monoisotopic (exact) mass is 363 g/mol. The molecule has 0 unspecified atom stereocenters. The van der Waals surface area contributed by atoms with Gasteiger partial charge in [-0.05, 0) is 42.1 Å². The number of hydrogen-bond acceptors (Lipinski definition) is 1. The van der Waals surface area contributed by atoms with E-state index in [9.17, 15) is 0 Å². The number of nitrogens with zero attached hydrogens (tertiary/aromatic N) is 1. The summed E-state index contributed by atoms with van der Waals surface area (Å²) < 4.78 is 0. The summed E-state index contributed by atoms with van der Waals surface area (Å²) in [5, 5.41) is 3.78. The molecular weight excluding hydrogens is 349 g/mol. The van der Waals surface area contributed by atoms with Gasteiger partial charge in [0.2, 0.25) is 0 Å². The molecular formula is C22H15Cl2N.